The molecule has 4 heterocycles. The van der Waals surface area contributed by atoms with Gasteiger partial charge in [0.2, 0.25) is 11.3 Å². The summed E-state index contributed by atoms with van der Waals surface area (Å²) in [5.74, 6) is -2.66. The van der Waals surface area contributed by atoms with Gasteiger partial charge in [0.05, 0.1) is 30.2 Å². The predicted octanol–water partition coefficient (Wildman–Crippen LogP) is 5.98. The lowest BCUT2D eigenvalue weighted by atomic mass is 10.1. The van der Waals surface area contributed by atoms with Crippen LogP contribution in [0.15, 0.2) is 70.0 Å². The standard InChI is InChI=1S/C34H31ClFN7O6/c1-18-15-40(29-25(36)14-23-28(31(29)49-2)42(21-4-5-21)16-24(30(23)44)34(47)48)11-12-41(18)17-43-26-6-3-20(35)13-22(26)27(33(43)46)38-39-32(45)19-7-9-37-10-8-19/h3,6-10,13-14,16,18,21,46H,4-5,11-12,15,17H2,1-2H3,(H,47,48). The number of carboxylic acids is 1. The lowest BCUT2D eigenvalue weighted by molar-refractivity contribution is 0.0694. The van der Waals surface area contributed by atoms with Gasteiger partial charge in [0.25, 0.3) is 5.91 Å². The van der Waals surface area contributed by atoms with Crippen LogP contribution in [0.1, 0.15) is 46.5 Å². The number of aromatic hydroxyl groups is 1. The van der Waals surface area contributed by atoms with E-state index in [9.17, 15) is 24.6 Å². The minimum atomic E-state index is -1.37. The molecule has 2 aromatic carbocycles. The van der Waals surface area contributed by atoms with Gasteiger partial charge in [-0.15, -0.1) is 10.2 Å². The number of carboxylic acid groups (broad SMARTS) is 1. The summed E-state index contributed by atoms with van der Waals surface area (Å²) >= 11 is 6.30. The third-order valence-electron chi connectivity index (χ3n) is 9.12. The topological polar surface area (TPSA) is 155 Å². The summed E-state index contributed by atoms with van der Waals surface area (Å²) in [5.41, 5.74) is 0.421. The zero-order valence-electron chi connectivity index (χ0n) is 26.5. The first-order chi connectivity index (χ1) is 23.6. The summed E-state index contributed by atoms with van der Waals surface area (Å²) in [6, 6.07) is 9.08. The van der Waals surface area contributed by atoms with Gasteiger partial charge in [0.1, 0.15) is 11.3 Å². The van der Waals surface area contributed by atoms with Crippen molar-refractivity contribution in [2.75, 3.05) is 31.6 Å². The molecule has 3 aromatic heterocycles. The number of hydrogen-bond donors (Lipinski definition) is 2. The molecule has 1 atom stereocenters. The van der Waals surface area contributed by atoms with Crippen LogP contribution in [0.3, 0.4) is 0 Å². The SMILES string of the molecule is COc1c(N2CCN(Cn3c(O)c(N=NC(=O)c4ccncc4)c4cc(Cl)ccc43)C(C)C2)c(F)cc2c(=O)c(C(=O)O)cn(C3CC3)c12. The minimum absolute atomic E-state index is 0.0127. The molecule has 252 valence electrons. The third kappa shape index (κ3) is 5.76. The maximum Gasteiger partial charge on any atom is 0.341 e. The fraction of sp³-hybridized carbons (Fsp3) is 0.294. The number of amides is 1. The third-order valence-corrected chi connectivity index (χ3v) is 9.35. The Morgan fingerprint density at radius 2 is 1.88 bits per heavy atom. The molecule has 0 radical (unpaired) electrons. The molecule has 2 aliphatic rings. The summed E-state index contributed by atoms with van der Waals surface area (Å²) in [6.45, 7) is 3.42. The number of nitrogens with zero attached hydrogens (tertiary/aromatic N) is 7. The fourth-order valence-electron chi connectivity index (χ4n) is 6.50. The van der Waals surface area contributed by atoms with Crippen molar-refractivity contribution in [3.63, 3.8) is 0 Å². The average molecular weight is 688 g/mol. The number of carbonyl (C=O) groups is 2. The minimum Gasteiger partial charge on any atom is -0.493 e. The lowest BCUT2D eigenvalue weighted by Crippen LogP contribution is -2.52. The van der Waals surface area contributed by atoms with Crippen LogP contribution < -0.4 is 15.1 Å². The van der Waals surface area contributed by atoms with Gasteiger partial charge in [0, 0.05) is 66.3 Å². The van der Waals surface area contributed by atoms with E-state index in [-0.39, 0.29) is 47.1 Å². The van der Waals surface area contributed by atoms with Gasteiger partial charge in [0.15, 0.2) is 17.3 Å². The van der Waals surface area contributed by atoms with Crippen LogP contribution in [0.4, 0.5) is 15.8 Å². The van der Waals surface area contributed by atoms with Crippen molar-refractivity contribution >= 4 is 56.7 Å². The highest BCUT2D eigenvalue weighted by atomic mass is 35.5. The van der Waals surface area contributed by atoms with Gasteiger partial charge < -0.3 is 24.4 Å². The van der Waals surface area contributed by atoms with Gasteiger partial charge in [-0.1, -0.05) is 11.6 Å². The molecule has 13 nitrogen and oxygen atoms in total. The molecule has 49 heavy (non-hydrogen) atoms. The Morgan fingerprint density at radius 3 is 2.55 bits per heavy atom. The van der Waals surface area contributed by atoms with Crippen LogP contribution >= 0.6 is 11.6 Å². The number of piperazine rings is 1. The summed E-state index contributed by atoms with van der Waals surface area (Å²) in [5, 5.41) is 29.9. The Hall–Kier alpha value is -5.34. The number of aromatic nitrogens is 3. The van der Waals surface area contributed by atoms with Gasteiger partial charge in [-0.25, -0.2) is 9.18 Å². The van der Waals surface area contributed by atoms with Crippen molar-refractivity contribution in [3.05, 3.63) is 87.2 Å². The molecular formula is C34H31ClFN7O6. The highest BCUT2D eigenvalue weighted by Crippen LogP contribution is 2.45. The number of carbonyl (C=O) groups excluding carboxylic acids is 1. The van der Waals surface area contributed by atoms with Crippen molar-refractivity contribution in [2.24, 2.45) is 10.2 Å². The molecule has 7 rings (SSSR count). The van der Waals surface area contributed by atoms with Crippen LogP contribution in [0.2, 0.25) is 5.02 Å². The molecule has 1 amide bonds. The van der Waals surface area contributed by atoms with E-state index >= 15 is 4.39 Å². The Bertz CT molecular complexity index is 2230. The molecule has 5 aromatic rings. The number of pyridine rings is 2. The first-order valence-electron chi connectivity index (χ1n) is 15.6. The molecule has 1 aliphatic carbocycles. The first kappa shape index (κ1) is 32.2. The number of methoxy groups -OCH3 is 1. The second-order valence-electron chi connectivity index (χ2n) is 12.2. The molecule has 1 unspecified atom stereocenters. The van der Waals surface area contributed by atoms with Gasteiger partial charge in [-0.05, 0) is 56.2 Å². The highest BCUT2D eigenvalue weighted by molar-refractivity contribution is 6.31. The predicted molar refractivity (Wildman–Crippen MR) is 180 cm³/mol. The number of benzene rings is 2. The van der Waals surface area contributed by atoms with Crippen molar-refractivity contribution in [1.82, 2.24) is 19.0 Å². The van der Waals surface area contributed by atoms with Gasteiger partial charge >= 0.3 is 5.97 Å². The van der Waals surface area contributed by atoms with E-state index < -0.39 is 28.7 Å². The molecule has 0 spiro atoms. The van der Waals surface area contributed by atoms with Crippen LogP contribution in [-0.4, -0.2) is 73.9 Å². The van der Waals surface area contributed by atoms with Gasteiger partial charge in [-0.3, -0.25) is 24.0 Å². The van der Waals surface area contributed by atoms with E-state index in [4.69, 9.17) is 16.3 Å². The number of ether oxygens (including phenoxy) is 1. The fourth-order valence-corrected chi connectivity index (χ4v) is 6.67. The quantitative estimate of drug-likeness (QED) is 0.187. The molecular weight excluding hydrogens is 657 g/mol. The number of rotatable bonds is 8. The second kappa shape index (κ2) is 12.6. The van der Waals surface area contributed by atoms with E-state index in [0.29, 0.717) is 46.6 Å². The molecule has 0 bridgehead atoms. The van der Waals surface area contributed by atoms with Gasteiger partial charge in [-0.2, -0.15) is 0 Å². The van der Waals surface area contributed by atoms with E-state index in [2.05, 4.69) is 20.1 Å². The Morgan fingerprint density at radius 1 is 1.12 bits per heavy atom. The maximum absolute atomic E-state index is 16.0. The number of anilines is 1. The molecule has 15 heteroatoms. The van der Waals surface area contributed by atoms with Crippen LogP contribution in [0, 0.1) is 5.82 Å². The van der Waals surface area contributed by atoms with E-state index in [1.807, 2.05) is 11.8 Å². The van der Waals surface area contributed by atoms with E-state index in [0.717, 1.165) is 18.9 Å². The summed E-state index contributed by atoms with van der Waals surface area (Å²) < 4.78 is 25.1. The van der Waals surface area contributed by atoms with Crippen LogP contribution in [0.25, 0.3) is 21.8 Å². The lowest BCUT2D eigenvalue weighted by Gasteiger charge is -2.41. The Balaban J connectivity index is 1.19. The van der Waals surface area contributed by atoms with Crippen molar-refractivity contribution < 1.29 is 28.9 Å². The van der Waals surface area contributed by atoms with Crippen LogP contribution in [0.5, 0.6) is 11.6 Å². The highest BCUT2D eigenvalue weighted by Gasteiger charge is 2.34. The Kier molecular flexibility index (Phi) is 8.28. The zero-order chi connectivity index (χ0) is 34.6. The number of aromatic carboxylic acids is 1. The second-order valence-corrected chi connectivity index (χ2v) is 12.6. The Labute approximate surface area is 283 Å². The summed E-state index contributed by atoms with van der Waals surface area (Å²) in [6.07, 6.45) is 5.89. The molecule has 1 aliphatic heterocycles. The van der Waals surface area contributed by atoms with Crippen molar-refractivity contribution in [3.8, 4) is 11.6 Å². The monoisotopic (exact) mass is 687 g/mol. The normalized spacial score (nSPS) is 17.0. The largest absolute Gasteiger partial charge is 0.493 e. The molecule has 2 fully saturated rings. The summed E-state index contributed by atoms with van der Waals surface area (Å²) in [4.78, 5) is 45.4. The van der Waals surface area contributed by atoms with E-state index in [1.165, 1.54) is 37.8 Å². The smallest absolute Gasteiger partial charge is 0.341 e. The number of fused-ring (bicyclic) bond motifs is 2. The number of azo groups is 1. The zero-order valence-corrected chi connectivity index (χ0v) is 27.3. The first-order valence-corrected chi connectivity index (χ1v) is 16.0. The number of halogens is 2. The molecule has 1 saturated carbocycles. The molecule has 1 saturated heterocycles. The molecule has 2 N–H and O–H groups in total. The van der Waals surface area contributed by atoms with Crippen molar-refractivity contribution in [2.45, 2.75) is 38.5 Å². The van der Waals surface area contributed by atoms with Crippen LogP contribution in [-0.2, 0) is 6.67 Å². The maximum atomic E-state index is 16.0. The average Bonchev–Trinajstić information content (AvgIpc) is 3.90. The van der Waals surface area contributed by atoms with Crippen molar-refractivity contribution in [1.29, 1.82) is 0 Å². The van der Waals surface area contributed by atoms with E-state index in [1.54, 1.807) is 27.3 Å². The summed E-state index contributed by atoms with van der Waals surface area (Å²) in [7, 11) is 1.41. The number of hydrogen-bond acceptors (Lipinski definition) is 9.